The highest BCUT2D eigenvalue weighted by atomic mass is 32.2. The zero-order valence-electron chi connectivity index (χ0n) is 15.4. The first-order chi connectivity index (χ1) is 12.5. The Hall–Kier alpha value is -1.46. The topological polar surface area (TPSA) is 63.2 Å². The van der Waals surface area contributed by atoms with Gasteiger partial charge in [-0.25, -0.2) is 0 Å². The summed E-state index contributed by atoms with van der Waals surface area (Å²) < 4.78 is 0. The second-order valence-corrected chi connectivity index (χ2v) is 9.29. The first kappa shape index (κ1) is 19.3. The molecule has 26 heavy (non-hydrogen) atoms. The van der Waals surface area contributed by atoms with Crippen LogP contribution in [0.3, 0.4) is 0 Å². The summed E-state index contributed by atoms with van der Waals surface area (Å²) in [5.74, 6) is -1.65. The van der Waals surface area contributed by atoms with Crippen LogP contribution in [0, 0.1) is 17.8 Å². The minimum Gasteiger partial charge on any atom is -0.301 e. The van der Waals surface area contributed by atoms with E-state index < -0.39 is 17.3 Å². The minimum absolute atomic E-state index is 0.110. The molecule has 2 aliphatic rings. The first-order valence-corrected chi connectivity index (χ1v) is 10.4. The van der Waals surface area contributed by atoms with Crippen LogP contribution < -0.4 is 5.32 Å². The molecule has 4 nitrogen and oxygen atoms in total. The van der Waals surface area contributed by atoms with Gasteiger partial charge in [-0.05, 0) is 43.6 Å². The Morgan fingerprint density at radius 2 is 1.88 bits per heavy atom. The summed E-state index contributed by atoms with van der Waals surface area (Å²) in [6.07, 6.45) is 2.81. The fourth-order valence-corrected chi connectivity index (χ4v) is 5.64. The summed E-state index contributed by atoms with van der Waals surface area (Å²) in [5, 5.41) is 4.33. The maximum absolute atomic E-state index is 12.3. The molecule has 0 spiro atoms. The molecular weight excluding hydrogens is 346 g/mol. The molecule has 5 heteroatoms. The molecule has 0 amide bonds. The van der Waals surface area contributed by atoms with Gasteiger partial charge in [-0.15, -0.1) is 11.8 Å². The molecule has 0 bridgehead atoms. The fourth-order valence-electron chi connectivity index (χ4n) is 4.28. The van der Waals surface area contributed by atoms with E-state index in [1.807, 2.05) is 36.9 Å². The van der Waals surface area contributed by atoms with Gasteiger partial charge < -0.3 is 5.32 Å². The van der Waals surface area contributed by atoms with Gasteiger partial charge in [-0.2, -0.15) is 0 Å². The third-order valence-corrected chi connectivity index (χ3v) is 7.12. The van der Waals surface area contributed by atoms with Crippen molar-refractivity contribution < 1.29 is 14.4 Å². The van der Waals surface area contributed by atoms with Crippen molar-refractivity contribution in [3.63, 3.8) is 0 Å². The molecule has 1 aromatic carbocycles. The number of ketones is 3. The summed E-state index contributed by atoms with van der Waals surface area (Å²) in [6.45, 7) is 5.03. The fraction of sp³-hybridized carbons (Fsp3) is 0.571. The lowest BCUT2D eigenvalue weighted by Gasteiger charge is -2.37. The molecule has 2 saturated carbocycles. The summed E-state index contributed by atoms with van der Waals surface area (Å²) in [6, 6.07) is 10.3. The number of thioether (sulfide) groups is 1. The molecule has 0 saturated heterocycles. The number of rotatable bonds is 5. The van der Waals surface area contributed by atoms with Crippen molar-refractivity contribution in [1.29, 1.82) is 0 Å². The van der Waals surface area contributed by atoms with Crippen LogP contribution in [-0.4, -0.2) is 28.0 Å². The SMILES string of the molecule is CC(NCc1ccccc1)SC1CCC2C(=O)C(=O)C(=O)CC(C)C2C1. The lowest BCUT2D eigenvalue weighted by atomic mass is 9.71. The van der Waals surface area contributed by atoms with Crippen LogP contribution in [-0.2, 0) is 20.9 Å². The Morgan fingerprint density at radius 1 is 1.15 bits per heavy atom. The second kappa shape index (κ2) is 8.49. The van der Waals surface area contributed by atoms with Gasteiger partial charge in [0.2, 0.25) is 11.6 Å². The van der Waals surface area contributed by atoms with Crippen LogP contribution in [0.25, 0.3) is 0 Å². The van der Waals surface area contributed by atoms with Crippen molar-refractivity contribution in [2.75, 3.05) is 0 Å². The molecule has 0 radical (unpaired) electrons. The molecule has 2 aliphatic carbocycles. The van der Waals surface area contributed by atoms with Crippen LogP contribution in [0.15, 0.2) is 30.3 Å². The number of hydrogen-bond acceptors (Lipinski definition) is 5. The number of fused-ring (bicyclic) bond motifs is 1. The number of hydrogen-bond donors (Lipinski definition) is 1. The van der Waals surface area contributed by atoms with Crippen molar-refractivity contribution >= 4 is 29.1 Å². The van der Waals surface area contributed by atoms with E-state index in [0.717, 1.165) is 25.8 Å². The van der Waals surface area contributed by atoms with E-state index in [1.165, 1.54) is 5.56 Å². The molecule has 0 heterocycles. The normalized spacial score (nSPS) is 30.6. The van der Waals surface area contributed by atoms with Crippen molar-refractivity contribution in [2.45, 2.75) is 56.7 Å². The molecule has 3 rings (SSSR count). The van der Waals surface area contributed by atoms with Crippen molar-refractivity contribution in [3.8, 4) is 0 Å². The molecule has 5 unspecified atom stereocenters. The van der Waals surface area contributed by atoms with Crippen LogP contribution in [0.1, 0.15) is 45.1 Å². The lowest BCUT2D eigenvalue weighted by molar-refractivity contribution is -0.145. The van der Waals surface area contributed by atoms with Crippen molar-refractivity contribution in [2.24, 2.45) is 17.8 Å². The van der Waals surface area contributed by atoms with Crippen molar-refractivity contribution in [3.05, 3.63) is 35.9 Å². The third kappa shape index (κ3) is 4.44. The smallest absolute Gasteiger partial charge is 0.264 e. The van der Waals surface area contributed by atoms with E-state index in [-0.39, 0.29) is 24.2 Å². The summed E-state index contributed by atoms with van der Waals surface area (Å²) in [7, 11) is 0. The maximum atomic E-state index is 12.3. The number of carbonyl (C=O) groups excluding carboxylic acids is 3. The van der Waals surface area contributed by atoms with E-state index >= 15 is 0 Å². The van der Waals surface area contributed by atoms with Crippen LogP contribution >= 0.6 is 11.8 Å². The summed E-state index contributed by atoms with van der Waals surface area (Å²) >= 11 is 1.91. The Balaban J connectivity index is 1.56. The summed E-state index contributed by atoms with van der Waals surface area (Å²) in [5.41, 5.74) is 1.27. The zero-order chi connectivity index (χ0) is 18.7. The van der Waals surface area contributed by atoms with Gasteiger partial charge in [0.05, 0.1) is 5.37 Å². The Kier molecular flexibility index (Phi) is 6.30. The number of nitrogens with one attached hydrogen (secondary N) is 1. The number of carbonyl (C=O) groups is 3. The van der Waals surface area contributed by atoms with Crippen LogP contribution in [0.4, 0.5) is 0 Å². The Labute approximate surface area is 159 Å². The lowest BCUT2D eigenvalue weighted by Crippen LogP contribution is -2.37. The molecule has 0 aliphatic heterocycles. The largest absolute Gasteiger partial charge is 0.301 e. The highest BCUT2D eigenvalue weighted by Crippen LogP contribution is 2.43. The predicted octanol–water partition coefficient (Wildman–Crippen LogP) is 3.39. The average Bonchev–Trinajstić information content (AvgIpc) is 2.72. The molecule has 1 aromatic rings. The van der Waals surface area contributed by atoms with Gasteiger partial charge >= 0.3 is 0 Å². The maximum Gasteiger partial charge on any atom is 0.264 e. The van der Waals surface area contributed by atoms with Gasteiger partial charge in [0.15, 0.2) is 0 Å². The number of benzene rings is 1. The van der Waals surface area contributed by atoms with E-state index in [9.17, 15) is 14.4 Å². The van der Waals surface area contributed by atoms with Crippen molar-refractivity contribution in [1.82, 2.24) is 5.32 Å². The van der Waals surface area contributed by atoms with Gasteiger partial charge in [-0.3, -0.25) is 14.4 Å². The molecular formula is C21H27NO3S. The Morgan fingerprint density at radius 3 is 2.62 bits per heavy atom. The predicted molar refractivity (Wildman–Crippen MR) is 104 cm³/mol. The monoisotopic (exact) mass is 373 g/mol. The minimum atomic E-state index is -0.756. The first-order valence-electron chi connectivity index (χ1n) is 9.50. The summed E-state index contributed by atoms with van der Waals surface area (Å²) in [4.78, 5) is 36.1. The number of Topliss-reactive ketones (excluding diaryl/α,β-unsaturated/α-hetero) is 3. The van der Waals surface area contributed by atoms with E-state index in [1.54, 1.807) is 0 Å². The van der Waals surface area contributed by atoms with Gasteiger partial charge in [0, 0.05) is 24.1 Å². The van der Waals surface area contributed by atoms with Crippen LogP contribution in [0.2, 0.25) is 0 Å². The zero-order valence-corrected chi connectivity index (χ0v) is 16.3. The van der Waals surface area contributed by atoms with Gasteiger partial charge in [-0.1, -0.05) is 37.3 Å². The molecule has 140 valence electrons. The van der Waals surface area contributed by atoms with E-state index in [4.69, 9.17) is 0 Å². The highest BCUT2D eigenvalue weighted by Gasteiger charge is 2.45. The van der Waals surface area contributed by atoms with E-state index in [2.05, 4.69) is 24.4 Å². The van der Waals surface area contributed by atoms with Gasteiger partial charge in [0.1, 0.15) is 0 Å². The molecule has 2 fully saturated rings. The van der Waals surface area contributed by atoms with Gasteiger partial charge in [0.25, 0.3) is 5.78 Å². The highest BCUT2D eigenvalue weighted by molar-refractivity contribution is 8.00. The average molecular weight is 374 g/mol. The molecule has 1 N–H and O–H groups in total. The second-order valence-electron chi connectivity index (χ2n) is 7.65. The Bertz CT molecular complexity index is 675. The standard InChI is InChI=1S/C21H27NO3S/c1-13-10-19(23)21(25)20(24)17-9-8-16(11-18(13)17)26-14(2)22-12-15-6-4-3-5-7-15/h3-7,13-14,16-18,22H,8-12H2,1-2H3. The molecule has 5 atom stereocenters. The van der Waals surface area contributed by atoms with E-state index in [0.29, 0.717) is 10.6 Å². The quantitative estimate of drug-likeness (QED) is 0.633. The third-order valence-electron chi connectivity index (χ3n) is 5.74. The molecule has 0 aromatic heterocycles. The van der Waals surface area contributed by atoms with Crippen LogP contribution in [0.5, 0.6) is 0 Å².